The van der Waals surface area contributed by atoms with Crippen LogP contribution in [0.2, 0.25) is 0 Å². The van der Waals surface area contributed by atoms with Gasteiger partial charge in [-0.05, 0) is 90.4 Å². The van der Waals surface area contributed by atoms with Crippen LogP contribution in [-0.4, -0.2) is 0 Å². The maximum Gasteiger partial charge on any atom is -0.0169 e. The first-order valence-electron chi connectivity index (χ1n) is 16.6. The maximum atomic E-state index is 2.40. The topological polar surface area (TPSA) is 0 Å². The number of hydrogen-bond donors (Lipinski definition) is 0. The highest BCUT2D eigenvalue weighted by molar-refractivity contribution is 5.00. The molecule has 214 valence electrons. The van der Waals surface area contributed by atoms with Crippen molar-refractivity contribution in [2.24, 2.45) is 0 Å². The lowest BCUT2D eigenvalue weighted by atomic mass is 9.99. The van der Waals surface area contributed by atoms with E-state index in [4.69, 9.17) is 0 Å². The van der Waals surface area contributed by atoms with E-state index in [-0.39, 0.29) is 0 Å². The van der Waals surface area contributed by atoms with Crippen LogP contribution in [0, 0.1) is 0 Å². The van der Waals surface area contributed by atoms with Crippen molar-refractivity contribution >= 4 is 0 Å². The van der Waals surface area contributed by atoms with E-state index in [2.05, 4.69) is 75.5 Å². The predicted molar refractivity (Wildman–Crippen MR) is 172 cm³/mol. The summed E-state index contributed by atoms with van der Waals surface area (Å²) in [6.07, 6.45) is 53.2. The van der Waals surface area contributed by atoms with E-state index in [1.807, 2.05) is 0 Å². The summed E-state index contributed by atoms with van der Waals surface area (Å²) >= 11 is 0. The van der Waals surface area contributed by atoms with Gasteiger partial charge in [-0.1, -0.05) is 145 Å². The van der Waals surface area contributed by atoms with Crippen molar-refractivity contribution < 1.29 is 0 Å². The fraction of sp³-hybridized carbons (Fsp3) is 0.730. The quantitative estimate of drug-likeness (QED) is 0.0725. The fourth-order valence-corrected chi connectivity index (χ4v) is 4.75. The molecule has 0 bridgehead atoms. The Hall–Kier alpha value is -1.30. The fourth-order valence-electron chi connectivity index (χ4n) is 4.75. The summed E-state index contributed by atoms with van der Waals surface area (Å²) in [7, 11) is 0. The molecule has 0 fully saturated rings. The van der Waals surface area contributed by atoms with Gasteiger partial charge >= 0.3 is 0 Å². The van der Waals surface area contributed by atoms with Crippen LogP contribution in [0.1, 0.15) is 175 Å². The Balaban J connectivity index is 3.42. The molecule has 0 aromatic carbocycles. The van der Waals surface area contributed by atoms with Gasteiger partial charge < -0.3 is 0 Å². The lowest BCUT2D eigenvalue weighted by molar-refractivity contribution is 0.575. The van der Waals surface area contributed by atoms with E-state index in [0.717, 1.165) is 12.8 Å². The van der Waals surface area contributed by atoms with Crippen LogP contribution < -0.4 is 0 Å². The monoisotopic (exact) mass is 511 g/mol. The summed E-state index contributed by atoms with van der Waals surface area (Å²) in [5.74, 6) is 0. The van der Waals surface area contributed by atoms with Gasteiger partial charge in [0.15, 0.2) is 0 Å². The van der Waals surface area contributed by atoms with Gasteiger partial charge in [0, 0.05) is 0 Å². The zero-order valence-corrected chi connectivity index (χ0v) is 25.7. The van der Waals surface area contributed by atoms with Gasteiger partial charge in [0.2, 0.25) is 0 Å². The second kappa shape index (κ2) is 32.7. The third kappa shape index (κ3) is 30.8. The number of allylic oxidation sites excluding steroid dienone is 10. The first-order chi connectivity index (χ1) is 18.3. The average molecular weight is 511 g/mol. The molecule has 0 N–H and O–H groups in total. The molecule has 0 aliphatic heterocycles. The van der Waals surface area contributed by atoms with E-state index in [9.17, 15) is 0 Å². The Morgan fingerprint density at radius 2 is 0.757 bits per heavy atom. The minimum atomic E-state index is 1.11. The van der Waals surface area contributed by atoms with E-state index < -0.39 is 0 Å². The number of rotatable bonds is 28. The molecule has 0 saturated heterocycles. The standard InChI is InChI=1S/C37H66/c1-4-7-9-11-13-15-17-19-21-22-24-26-28-30-32-34-36-37(6-3)35-33-31-29-27-25-23-20-18-16-14-12-10-8-5-2/h6,10,12-13,15-16,18-19,21H,4-5,7-9,11,14,17,20,22-36H2,1-3H3. The molecule has 0 atom stereocenters. The van der Waals surface area contributed by atoms with Crippen LogP contribution >= 0.6 is 0 Å². The lowest BCUT2D eigenvalue weighted by Gasteiger charge is -2.07. The Morgan fingerprint density at radius 1 is 0.378 bits per heavy atom. The molecule has 0 spiro atoms. The van der Waals surface area contributed by atoms with E-state index in [1.54, 1.807) is 5.57 Å². The Bertz CT molecular complexity index is 571. The van der Waals surface area contributed by atoms with Gasteiger partial charge in [0.1, 0.15) is 0 Å². The lowest BCUT2D eigenvalue weighted by Crippen LogP contribution is -1.88. The highest BCUT2D eigenvalue weighted by Crippen LogP contribution is 2.18. The molecule has 0 radical (unpaired) electrons. The van der Waals surface area contributed by atoms with E-state index in [0.29, 0.717) is 0 Å². The summed E-state index contributed by atoms with van der Waals surface area (Å²) in [5.41, 5.74) is 1.71. The molecular weight excluding hydrogens is 444 g/mol. The molecule has 0 aromatic rings. The Morgan fingerprint density at radius 3 is 1.16 bits per heavy atom. The summed E-state index contributed by atoms with van der Waals surface area (Å²) in [4.78, 5) is 0. The van der Waals surface area contributed by atoms with Gasteiger partial charge in [-0.15, -0.1) is 0 Å². The van der Waals surface area contributed by atoms with Gasteiger partial charge in [-0.25, -0.2) is 0 Å². The summed E-state index contributed by atoms with van der Waals surface area (Å²) < 4.78 is 0. The van der Waals surface area contributed by atoms with Gasteiger partial charge in [-0.3, -0.25) is 0 Å². The molecule has 0 saturated carbocycles. The molecule has 37 heavy (non-hydrogen) atoms. The Kier molecular flexibility index (Phi) is 31.6. The maximum absolute atomic E-state index is 2.40. The molecule has 0 aromatic heterocycles. The number of unbranched alkanes of at least 4 members (excludes halogenated alkanes) is 16. The molecule has 0 nitrogen and oxygen atoms in total. The largest absolute Gasteiger partial charge is 0.0885 e. The molecular formula is C37H66. The van der Waals surface area contributed by atoms with Gasteiger partial charge in [0.05, 0.1) is 0 Å². The van der Waals surface area contributed by atoms with E-state index >= 15 is 0 Å². The molecule has 0 unspecified atom stereocenters. The highest BCUT2D eigenvalue weighted by Gasteiger charge is 1.99. The molecule has 0 rings (SSSR count). The summed E-state index contributed by atoms with van der Waals surface area (Å²) in [5, 5.41) is 0. The van der Waals surface area contributed by atoms with Crippen LogP contribution in [0.3, 0.4) is 0 Å². The SMILES string of the molecule is CC=C(CCCCCCCCC=CCC=CCCC)CCCCCCCCC=CCC=CCCCCC. The second-order valence-corrected chi connectivity index (χ2v) is 10.9. The molecule has 0 aliphatic rings. The van der Waals surface area contributed by atoms with Crippen LogP contribution in [-0.2, 0) is 0 Å². The zero-order valence-electron chi connectivity index (χ0n) is 25.7. The van der Waals surface area contributed by atoms with Crippen LogP contribution in [0.5, 0.6) is 0 Å². The average Bonchev–Trinajstić information content (AvgIpc) is 2.91. The smallest absolute Gasteiger partial charge is 0.0169 e. The van der Waals surface area contributed by atoms with Crippen molar-refractivity contribution in [2.75, 3.05) is 0 Å². The minimum Gasteiger partial charge on any atom is -0.0885 e. The third-order valence-corrected chi connectivity index (χ3v) is 7.29. The van der Waals surface area contributed by atoms with Gasteiger partial charge in [0.25, 0.3) is 0 Å². The van der Waals surface area contributed by atoms with Crippen molar-refractivity contribution in [3.05, 3.63) is 60.3 Å². The zero-order chi connectivity index (χ0) is 26.9. The van der Waals surface area contributed by atoms with Crippen molar-refractivity contribution in [3.63, 3.8) is 0 Å². The first-order valence-corrected chi connectivity index (χ1v) is 16.6. The van der Waals surface area contributed by atoms with Crippen LogP contribution in [0.4, 0.5) is 0 Å². The molecule has 0 aliphatic carbocycles. The van der Waals surface area contributed by atoms with E-state index in [1.165, 1.54) is 141 Å². The predicted octanol–water partition coefficient (Wildman–Crippen LogP) is 13.6. The molecule has 0 heterocycles. The summed E-state index contributed by atoms with van der Waals surface area (Å²) in [6, 6.07) is 0. The summed E-state index contributed by atoms with van der Waals surface area (Å²) in [6.45, 7) is 6.75. The van der Waals surface area contributed by atoms with Crippen molar-refractivity contribution in [2.45, 2.75) is 175 Å². The number of hydrogen-bond acceptors (Lipinski definition) is 0. The van der Waals surface area contributed by atoms with Crippen molar-refractivity contribution in [3.8, 4) is 0 Å². The minimum absolute atomic E-state index is 1.11. The van der Waals surface area contributed by atoms with Gasteiger partial charge in [-0.2, -0.15) is 0 Å². The second-order valence-electron chi connectivity index (χ2n) is 10.9. The normalized spacial score (nSPS) is 12.9. The van der Waals surface area contributed by atoms with Crippen molar-refractivity contribution in [1.29, 1.82) is 0 Å². The van der Waals surface area contributed by atoms with Crippen molar-refractivity contribution in [1.82, 2.24) is 0 Å². The highest BCUT2D eigenvalue weighted by atomic mass is 14.0. The van der Waals surface area contributed by atoms with Crippen LogP contribution in [0.15, 0.2) is 60.3 Å². The molecule has 0 amide bonds. The third-order valence-electron chi connectivity index (χ3n) is 7.29. The van der Waals surface area contributed by atoms with Crippen LogP contribution in [0.25, 0.3) is 0 Å². The first kappa shape index (κ1) is 35.7. The molecule has 0 heteroatoms. The Labute approximate surface area is 234 Å².